The Balaban J connectivity index is 2.80. The summed E-state index contributed by atoms with van der Waals surface area (Å²) >= 11 is 0. The molecule has 5 heteroatoms. The van der Waals surface area contributed by atoms with E-state index in [1.165, 1.54) is 31.2 Å². The van der Waals surface area contributed by atoms with Crippen molar-refractivity contribution < 1.29 is 13.2 Å². The van der Waals surface area contributed by atoms with E-state index in [1.54, 1.807) is 0 Å². The average molecular weight is 297 g/mol. The first-order chi connectivity index (χ1) is 9.26. The lowest BCUT2D eigenvalue weighted by Gasteiger charge is -2.17. The number of Topliss-reactive ketones (excluding diaryl/α,β-unsaturated/α-hetero) is 1. The van der Waals surface area contributed by atoms with Crippen LogP contribution in [0.5, 0.6) is 0 Å². The lowest BCUT2D eigenvalue weighted by Crippen LogP contribution is -2.33. The summed E-state index contributed by atoms with van der Waals surface area (Å²) in [6, 6.07) is 5.90. The van der Waals surface area contributed by atoms with Crippen LogP contribution in [0.15, 0.2) is 29.2 Å². The molecule has 0 spiro atoms. The Morgan fingerprint density at radius 1 is 1.20 bits per heavy atom. The molecule has 20 heavy (non-hydrogen) atoms. The molecule has 4 nitrogen and oxygen atoms in total. The van der Waals surface area contributed by atoms with Crippen LogP contribution >= 0.6 is 0 Å². The van der Waals surface area contributed by atoms with E-state index in [0.29, 0.717) is 11.5 Å². The van der Waals surface area contributed by atoms with Crippen LogP contribution in [0.25, 0.3) is 0 Å². The highest BCUT2D eigenvalue weighted by Crippen LogP contribution is 2.14. The average Bonchev–Trinajstić information content (AvgIpc) is 2.37. The first-order valence-electron chi connectivity index (χ1n) is 6.89. The van der Waals surface area contributed by atoms with E-state index in [-0.39, 0.29) is 16.7 Å². The molecule has 0 aliphatic carbocycles. The summed E-state index contributed by atoms with van der Waals surface area (Å²) in [4.78, 5) is 11.4. The molecule has 1 rings (SSSR count). The number of nitrogens with one attached hydrogen (secondary N) is 1. The topological polar surface area (TPSA) is 63.2 Å². The van der Waals surface area contributed by atoms with Crippen molar-refractivity contribution >= 4 is 15.8 Å². The zero-order chi connectivity index (χ0) is 15.3. The number of hydrogen-bond acceptors (Lipinski definition) is 3. The number of benzene rings is 1. The molecule has 0 amide bonds. The molecule has 0 radical (unpaired) electrons. The van der Waals surface area contributed by atoms with Crippen molar-refractivity contribution in [2.45, 2.75) is 51.5 Å². The van der Waals surface area contributed by atoms with Crippen LogP contribution in [0, 0.1) is 5.92 Å². The highest BCUT2D eigenvalue weighted by Gasteiger charge is 2.18. The first kappa shape index (κ1) is 16.9. The zero-order valence-corrected chi connectivity index (χ0v) is 13.3. The number of carbonyl (C=O) groups is 1. The van der Waals surface area contributed by atoms with Gasteiger partial charge in [0.1, 0.15) is 0 Å². The minimum atomic E-state index is -3.52. The summed E-state index contributed by atoms with van der Waals surface area (Å²) in [6.07, 6.45) is 1.83. The summed E-state index contributed by atoms with van der Waals surface area (Å²) in [5.74, 6) is 0.403. The Hall–Kier alpha value is -1.20. The fourth-order valence-electron chi connectivity index (χ4n) is 2.02. The molecule has 1 aromatic rings. The van der Waals surface area contributed by atoms with Crippen molar-refractivity contribution in [1.82, 2.24) is 4.72 Å². The Kier molecular flexibility index (Phi) is 5.89. The number of sulfonamides is 1. The van der Waals surface area contributed by atoms with Crippen LogP contribution in [-0.4, -0.2) is 20.2 Å². The van der Waals surface area contributed by atoms with Gasteiger partial charge in [0.25, 0.3) is 0 Å². The Morgan fingerprint density at radius 2 is 1.75 bits per heavy atom. The molecule has 0 heterocycles. The normalized spacial score (nSPS) is 14.8. The Labute approximate surface area is 121 Å². The van der Waals surface area contributed by atoms with Gasteiger partial charge in [-0.3, -0.25) is 4.79 Å². The fraction of sp³-hybridized carbons (Fsp3) is 0.533. The molecule has 0 aliphatic heterocycles. The van der Waals surface area contributed by atoms with Gasteiger partial charge in [0.05, 0.1) is 4.90 Å². The van der Waals surface area contributed by atoms with Gasteiger partial charge in [0.15, 0.2) is 5.78 Å². The fourth-order valence-corrected chi connectivity index (χ4v) is 3.28. The van der Waals surface area contributed by atoms with Gasteiger partial charge in [-0.25, -0.2) is 13.1 Å². The van der Waals surface area contributed by atoms with Crippen LogP contribution in [0.3, 0.4) is 0 Å². The monoisotopic (exact) mass is 297 g/mol. The summed E-state index contributed by atoms with van der Waals surface area (Å²) < 4.78 is 27.1. The lowest BCUT2D eigenvalue weighted by molar-refractivity contribution is 0.101. The molecule has 1 N–H and O–H groups in total. The van der Waals surface area contributed by atoms with E-state index in [4.69, 9.17) is 0 Å². The minimum Gasteiger partial charge on any atom is -0.295 e. The molecule has 2 unspecified atom stereocenters. The van der Waals surface area contributed by atoms with Gasteiger partial charge in [-0.1, -0.05) is 32.4 Å². The summed E-state index contributed by atoms with van der Waals surface area (Å²) in [5, 5.41) is 0. The van der Waals surface area contributed by atoms with Crippen molar-refractivity contribution in [2.75, 3.05) is 0 Å². The van der Waals surface area contributed by atoms with Crippen molar-refractivity contribution in [3.8, 4) is 0 Å². The van der Waals surface area contributed by atoms with Crippen molar-refractivity contribution in [3.63, 3.8) is 0 Å². The molecule has 2 atom stereocenters. The third-order valence-corrected chi connectivity index (χ3v) is 4.99. The van der Waals surface area contributed by atoms with Gasteiger partial charge in [-0.15, -0.1) is 0 Å². The second-order valence-corrected chi connectivity index (χ2v) is 7.07. The molecule has 1 aromatic carbocycles. The van der Waals surface area contributed by atoms with Gasteiger partial charge in [-0.2, -0.15) is 0 Å². The standard InChI is InChI=1S/C15H23NO3S/c1-5-11(2)10-12(3)16-20(18,19)15-8-6-14(7-9-15)13(4)17/h6-9,11-12,16H,5,10H2,1-4H3. The highest BCUT2D eigenvalue weighted by molar-refractivity contribution is 7.89. The second kappa shape index (κ2) is 6.99. The molecular weight excluding hydrogens is 274 g/mol. The molecule has 0 fully saturated rings. The summed E-state index contributed by atoms with van der Waals surface area (Å²) in [5.41, 5.74) is 0.511. The Bertz CT molecular complexity index is 549. The zero-order valence-electron chi connectivity index (χ0n) is 12.5. The van der Waals surface area contributed by atoms with Crippen molar-refractivity contribution in [2.24, 2.45) is 5.92 Å². The predicted octanol–water partition coefficient (Wildman–Crippen LogP) is 2.99. The van der Waals surface area contributed by atoms with Crippen molar-refractivity contribution in [1.29, 1.82) is 0 Å². The molecule has 0 aliphatic rings. The summed E-state index contributed by atoms with van der Waals surface area (Å²) in [6.45, 7) is 7.52. The van der Waals surface area contributed by atoms with E-state index in [0.717, 1.165) is 12.8 Å². The molecular formula is C15H23NO3S. The van der Waals surface area contributed by atoms with E-state index in [2.05, 4.69) is 18.6 Å². The van der Waals surface area contributed by atoms with Crippen molar-refractivity contribution in [3.05, 3.63) is 29.8 Å². The number of rotatable bonds is 7. The van der Waals surface area contributed by atoms with Crippen LogP contribution in [0.2, 0.25) is 0 Å². The van der Waals surface area contributed by atoms with Crippen LogP contribution in [-0.2, 0) is 10.0 Å². The Morgan fingerprint density at radius 3 is 2.20 bits per heavy atom. The van der Waals surface area contributed by atoms with E-state index in [9.17, 15) is 13.2 Å². The number of ketones is 1. The van der Waals surface area contributed by atoms with Gasteiger partial charge in [0.2, 0.25) is 10.0 Å². The number of carbonyl (C=O) groups excluding carboxylic acids is 1. The second-order valence-electron chi connectivity index (χ2n) is 5.35. The van der Waals surface area contributed by atoms with Gasteiger partial charge in [-0.05, 0) is 38.3 Å². The van der Waals surface area contributed by atoms with Gasteiger partial charge < -0.3 is 0 Å². The lowest BCUT2D eigenvalue weighted by atomic mass is 10.0. The van der Waals surface area contributed by atoms with E-state index < -0.39 is 10.0 Å². The molecule has 0 aromatic heterocycles. The third-order valence-electron chi connectivity index (χ3n) is 3.38. The quantitative estimate of drug-likeness (QED) is 0.787. The maximum absolute atomic E-state index is 12.2. The molecule has 0 bridgehead atoms. The van der Waals surface area contributed by atoms with Gasteiger partial charge >= 0.3 is 0 Å². The summed E-state index contributed by atoms with van der Waals surface area (Å²) in [7, 11) is -3.52. The van der Waals surface area contributed by atoms with E-state index >= 15 is 0 Å². The molecule has 0 saturated heterocycles. The molecule has 0 saturated carbocycles. The maximum atomic E-state index is 12.2. The SMILES string of the molecule is CCC(C)CC(C)NS(=O)(=O)c1ccc(C(C)=O)cc1. The third kappa shape index (κ3) is 4.72. The molecule has 112 valence electrons. The first-order valence-corrected chi connectivity index (χ1v) is 8.38. The van der Waals surface area contributed by atoms with E-state index in [1.807, 2.05) is 6.92 Å². The highest BCUT2D eigenvalue weighted by atomic mass is 32.2. The number of hydrogen-bond donors (Lipinski definition) is 1. The van der Waals surface area contributed by atoms with Gasteiger partial charge in [0, 0.05) is 11.6 Å². The largest absolute Gasteiger partial charge is 0.295 e. The van der Waals surface area contributed by atoms with Crippen LogP contribution in [0.4, 0.5) is 0 Å². The smallest absolute Gasteiger partial charge is 0.240 e. The maximum Gasteiger partial charge on any atom is 0.240 e. The van der Waals surface area contributed by atoms with Crippen LogP contribution < -0.4 is 4.72 Å². The minimum absolute atomic E-state index is 0.0768. The van der Waals surface area contributed by atoms with Crippen LogP contribution in [0.1, 0.15) is 50.9 Å². The predicted molar refractivity (Wildman–Crippen MR) is 80.3 cm³/mol.